The molecule has 1 saturated heterocycles. The van der Waals surface area contributed by atoms with E-state index in [4.69, 9.17) is 21.3 Å². The fraction of sp³-hybridized carbons (Fsp3) is 0.348. The predicted molar refractivity (Wildman–Crippen MR) is 127 cm³/mol. The Bertz CT molecular complexity index is 1100. The van der Waals surface area contributed by atoms with Gasteiger partial charge in [-0.3, -0.25) is 25.0 Å². The lowest BCUT2D eigenvalue weighted by atomic mass is 9.91. The number of rotatable bonds is 5. The molecular weight excluding hydrogens is 462 g/mol. The van der Waals surface area contributed by atoms with Gasteiger partial charge in [-0.25, -0.2) is 4.99 Å². The van der Waals surface area contributed by atoms with Gasteiger partial charge in [-0.2, -0.15) is 0 Å². The minimum Gasteiger partial charge on any atom is -0.465 e. The Morgan fingerprint density at radius 3 is 2.32 bits per heavy atom. The third-order valence-corrected chi connectivity index (χ3v) is 6.10. The average molecular weight is 486 g/mol. The van der Waals surface area contributed by atoms with Crippen molar-refractivity contribution in [2.45, 2.75) is 13.0 Å². The van der Waals surface area contributed by atoms with Crippen molar-refractivity contribution in [1.29, 1.82) is 0 Å². The lowest BCUT2D eigenvalue weighted by Gasteiger charge is -2.39. The summed E-state index contributed by atoms with van der Waals surface area (Å²) in [4.78, 5) is 45.0. The molecule has 0 radical (unpaired) electrons. The van der Waals surface area contributed by atoms with Gasteiger partial charge in [0.25, 0.3) is 5.69 Å². The van der Waals surface area contributed by atoms with Crippen molar-refractivity contribution in [3.05, 3.63) is 69.2 Å². The molecule has 2 heterocycles. The summed E-state index contributed by atoms with van der Waals surface area (Å²) in [5, 5.41) is 14.5. The molecule has 2 atom stereocenters. The number of nitrogens with one attached hydrogen (secondary N) is 1. The molecule has 0 saturated carbocycles. The summed E-state index contributed by atoms with van der Waals surface area (Å²) >= 11 is 5.98. The Balaban J connectivity index is 1.57. The van der Waals surface area contributed by atoms with E-state index in [1.807, 2.05) is 29.2 Å². The maximum atomic E-state index is 13.0. The van der Waals surface area contributed by atoms with Crippen LogP contribution in [0.2, 0.25) is 5.02 Å². The molecule has 0 aromatic heterocycles. The first kappa shape index (κ1) is 23.5. The number of non-ortho nitro benzene ring substituents is 1. The second kappa shape index (κ2) is 10.1. The van der Waals surface area contributed by atoms with Crippen LogP contribution < -0.4 is 10.2 Å². The Labute approximate surface area is 201 Å². The van der Waals surface area contributed by atoms with Crippen LogP contribution in [0.5, 0.6) is 0 Å². The Morgan fingerprint density at radius 1 is 1.12 bits per heavy atom. The zero-order valence-electron chi connectivity index (χ0n) is 18.5. The van der Waals surface area contributed by atoms with Crippen LogP contribution >= 0.6 is 11.6 Å². The van der Waals surface area contributed by atoms with Gasteiger partial charge < -0.3 is 14.5 Å². The van der Waals surface area contributed by atoms with Crippen molar-refractivity contribution in [2.24, 2.45) is 10.9 Å². The summed E-state index contributed by atoms with van der Waals surface area (Å²) in [5.74, 6) is -1.99. The first-order valence-corrected chi connectivity index (χ1v) is 11.3. The standard InChI is InChI=1S/C23H24ClN5O5/c1-2-34-22(31)19-20(15-3-7-18(8-4-15)29(32)33)25-23(26-21(19)30)28-13-11-27(12-14-28)17-9-5-16(24)6-10-17/h3-10,19-20H,2,11-14H2,1H3,(H,25,26,30)/t19-,20+/m0/s1. The number of esters is 1. The van der Waals surface area contributed by atoms with Crippen molar-refractivity contribution >= 4 is 40.8 Å². The summed E-state index contributed by atoms with van der Waals surface area (Å²) in [7, 11) is 0. The number of anilines is 1. The predicted octanol–water partition coefficient (Wildman–Crippen LogP) is 2.78. The molecule has 1 fully saturated rings. The fourth-order valence-corrected chi connectivity index (χ4v) is 4.21. The normalized spacial score (nSPS) is 20.4. The number of amides is 1. The van der Waals surface area contributed by atoms with E-state index in [2.05, 4.69) is 10.2 Å². The number of benzene rings is 2. The van der Waals surface area contributed by atoms with Gasteiger partial charge in [0.05, 0.1) is 11.5 Å². The molecule has 0 aliphatic carbocycles. The quantitative estimate of drug-likeness (QED) is 0.299. The molecule has 2 aromatic rings. The van der Waals surface area contributed by atoms with Crippen LogP contribution in [0.15, 0.2) is 53.5 Å². The van der Waals surface area contributed by atoms with Crippen molar-refractivity contribution in [1.82, 2.24) is 10.2 Å². The van der Waals surface area contributed by atoms with Crippen LogP contribution in [0, 0.1) is 16.0 Å². The van der Waals surface area contributed by atoms with E-state index in [1.54, 1.807) is 6.92 Å². The smallest absolute Gasteiger partial charge is 0.321 e. The number of carbonyl (C=O) groups excluding carboxylic acids is 2. The molecule has 178 valence electrons. The second-order valence-corrected chi connectivity index (χ2v) is 8.35. The zero-order chi connectivity index (χ0) is 24.2. The maximum absolute atomic E-state index is 13.0. The molecule has 2 aliphatic heterocycles. The summed E-state index contributed by atoms with van der Waals surface area (Å²) < 4.78 is 5.11. The van der Waals surface area contributed by atoms with E-state index in [1.165, 1.54) is 24.3 Å². The number of hydrogen-bond acceptors (Lipinski definition) is 8. The van der Waals surface area contributed by atoms with Gasteiger partial charge >= 0.3 is 5.97 Å². The van der Waals surface area contributed by atoms with Gasteiger partial charge in [0, 0.05) is 49.0 Å². The SMILES string of the molecule is CCOC(=O)[C@@H]1C(=O)NC(N2CCN(c3ccc(Cl)cc3)CC2)=N[C@@H]1c1ccc([N+](=O)[O-])cc1. The van der Waals surface area contributed by atoms with Crippen molar-refractivity contribution < 1.29 is 19.2 Å². The number of nitrogens with zero attached hydrogens (tertiary/aromatic N) is 4. The lowest BCUT2D eigenvalue weighted by Crippen LogP contribution is -2.57. The van der Waals surface area contributed by atoms with E-state index < -0.39 is 28.8 Å². The van der Waals surface area contributed by atoms with Crippen molar-refractivity contribution in [3.8, 4) is 0 Å². The number of guanidine groups is 1. The molecule has 1 amide bonds. The molecule has 4 rings (SSSR count). The van der Waals surface area contributed by atoms with E-state index in [0.717, 1.165) is 5.69 Å². The van der Waals surface area contributed by atoms with Gasteiger partial charge in [0.1, 0.15) is 6.04 Å². The Hall–Kier alpha value is -3.66. The molecule has 10 nitrogen and oxygen atoms in total. The number of aliphatic imine (C=N–C) groups is 1. The van der Waals surface area contributed by atoms with Gasteiger partial charge in [0.15, 0.2) is 5.92 Å². The van der Waals surface area contributed by atoms with Gasteiger partial charge in [-0.15, -0.1) is 0 Å². The maximum Gasteiger partial charge on any atom is 0.321 e. The second-order valence-electron chi connectivity index (χ2n) is 7.92. The topological polar surface area (TPSA) is 117 Å². The number of hydrogen-bond donors (Lipinski definition) is 1. The Kier molecular flexibility index (Phi) is 6.97. The third-order valence-electron chi connectivity index (χ3n) is 5.85. The number of nitro benzene ring substituents is 1. The monoisotopic (exact) mass is 485 g/mol. The van der Waals surface area contributed by atoms with E-state index in [0.29, 0.717) is 42.7 Å². The van der Waals surface area contributed by atoms with Crippen molar-refractivity contribution in [2.75, 3.05) is 37.7 Å². The number of halogens is 1. The highest BCUT2D eigenvalue weighted by Crippen LogP contribution is 2.32. The molecule has 0 unspecified atom stereocenters. The highest BCUT2D eigenvalue weighted by molar-refractivity contribution is 6.30. The summed E-state index contributed by atoms with van der Waals surface area (Å²) in [5.41, 5.74) is 1.50. The third kappa shape index (κ3) is 4.96. The van der Waals surface area contributed by atoms with Crippen LogP contribution in [-0.4, -0.2) is 60.4 Å². The van der Waals surface area contributed by atoms with Crippen LogP contribution in [0.4, 0.5) is 11.4 Å². The van der Waals surface area contributed by atoms with Gasteiger partial charge in [-0.1, -0.05) is 23.7 Å². The zero-order valence-corrected chi connectivity index (χ0v) is 19.3. The van der Waals surface area contributed by atoms with Gasteiger partial charge in [-0.05, 0) is 36.8 Å². The molecule has 1 N–H and O–H groups in total. The molecule has 11 heteroatoms. The highest BCUT2D eigenvalue weighted by atomic mass is 35.5. The first-order valence-electron chi connectivity index (χ1n) is 10.9. The number of nitro groups is 1. The van der Waals surface area contributed by atoms with Crippen LogP contribution in [-0.2, 0) is 14.3 Å². The highest BCUT2D eigenvalue weighted by Gasteiger charge is 2.42. The minimum absolute atomic E-state index is 0.0841. The molecule has 2 aliphatic rings. The number of piperazine rings is 1. The van der Waals surface area contributed by atoms with Gasteiger partial charge in [0.2, 0.25) is 11.9 Å². The molecule has 2 aromatic carbocycles. The fourth-order valence-electron chi connectivity index (χ4n) is 4.09. The summed E-state index contributed by atoms with van der Waals surface area (Å²) in [6, 6.07) is 12.5. The molecule has 34 heavy (non-hydrogen) atoms. The largest absolute Gasteiger partial charge is 0.465 e. The van der Waals surface area contributed by atoms with E-state index in [-0.39, 0.29) is 12.3 Å². The summed E-state index contributed by atoms with van der Waals surface area (Å²) in [6.07, 6.45) is 0. The van der Waals surface area contributed by atoms with E-state index in [9.17, 15) is 19.7 Å². The molecular formula is C23H24ClN5O5. The first-order chi connectivity index (χ1) is 16.4. The van der Waals surface area contributed by atoms with Crippen LogP contribution in [0.25, 0.3) is 0 Å². The lowest BCUT2D eigenvalue weighted by molar-refractivity contribution is -0.384. The minimum atomic E-state index is -1.18. The molecule has 0 spiro atoms. The number of carbonyl (C=O) groups is 2. The van der Waals surface area contributed by atoms with Crippen LogP contribution in [0.3, 0.4) is 0 Å². The number of ether oxygens (including phenoxy) is 1. The van der Waals surface area contributed by atoms with Crippen molar-refractivity contribution in [3.63, 3.8) is 0 Å². The molecule has 0 bridgehead atoms. The Morgan fingerprint density at radius 2 is 1.74 bits per heavy atom. The average Bonchev–Trinajstić information content (AvgIpc) is 2.84. The summed E-state index contributed by atoms with van der Waals surface area (Å²) in [6.45, 7) is 4.42. The van der Waals surface area contributed by atoms with Crippen LogP contribution in [0.1, 0.15) is 18.5 Å². The van der Waals surface area contributed by atoms with E-state index >= 15 is 0 Å².